The molecule has 0 spiro atoms. The maximum absolute atomic E-state index is 13.3. The Morgan fingerprint density at radius 1 is 1.06 bits per heavy atom. The van der Waals surface area contributed by atoms with Crippen LogP contribution in [0.2, 0.25) is 0 Å². The van der Waals surface area contributed by atoms with Gasteiger partial charge in [0.1, 0.15) is 11.6 Å². The van der Waals surface area contributed by atoms with Crippen LogP contribution >= 0.6 is 0 Å². The van der Waals surface area contributed by atoms with E-state index in [2.05, 4.69) is 15.5 Å². The van der Waals surface area contributed by atoms with Crippen molar-refractivity contribution in [2.75, 3.05) is 26.2 Å². The molecule has 0 aliphatic carbocycles. The first-order valence-corrected chi connectivity index (χ1v) is 10.7. The standard InChI is InChI=1S/C24H29F2N3O2/c1-17(28-24(31)20-4-8-22(26)9-5-20)15-29-12-10-19(11-13-29)23(14-27-16-30)18-2-6-21(25)7-3-18/h2-9,16-17,19,23H,10-15H2,1H3,(H,27,30)(H,28,31)/t17-,23?/m0/s1. The van der Waals surface area contributed by atoms with E-state index >= 15 is 0 Å². The van der Waals surface area contributed by atoms with Gasteiger partial charge in [0.05, 0.1) is 0 Å². The number of nitrogens with one attached hydrogen (secondary N) is 2. The van der Waals surface area contributed by atoms with Crippen molar-refractivity contribution in [2.24, 2.45) is 5.92 Å². The quantitative estimate of drug-likeness (QED) is 0.601. The highest BCUT2D eigenvalue weighted by Gasteiger charge is 2.28. The molecule has 5 nitrogen and oxygen atoms in total. The Morgan fingerprint density at radius 2 is 1.65 bits per heavy atom. The normalized spacial score (nSPS) is 17.0. The number of benzene rings is 2. The lowest BCUT2D eigenvalue weighted by molar-refractivity contribution is -0.109. The maximum atomic E-state index is 13.3. The fourth-order valence-corrected chi connectivity index (χ4v) is 4.32. The van der Waals surface area contributed by atoms with E-state index in [1.54, 1.807) is 12.1 Å². The summed E-state index contributed by atoms with van der Waals surface area (Å²) < 4.78 is 26.3. The van der Waals surface area contributed by atoms with Crippen molar-refractivity contribution in [1.82, 2.24) is 15.5 Å². The highest BCUT2D eigenvalue weighted by molar-refractivity contribution is 5.94. The minimum Gasteiger partial charge on any atom is -0.358 e. The zero-order valence-corrected chi connectivity index (χ0v) is 17.7. The molecule has 0 saturated carbocycles. The number of likely N-dealkylation sites (tertiary alicyclic amines) is 1. The molecule has 7 heteroatoms. The number of hydrogen-bond donors (Lipinski definition) is 2. The van der Waals surface area contributed by atoms with Gasteiger partial charge >= 0.3 is 0 Å². The number of carbonyl (C=O) groups is 2. The molecule has 2 amide bonds. The van der Waals surface area contributed by atoms with Gasteiger partial charge in [-0.1, -0.05) is 12.1 Å². The molecule has 1 unspecified atom stereocenters. The van der Waals surface area contributed by atoms with E-state index in [9.17, 15) is 18.4 Å². The summed E-state index contributed by atoms with van der Waals surface area (Å²) in [5.41, 5.74) is 1.48. The van der Waals surface area contributed by atoms with Crippen molar-refractivity contribution in [3.63, 3.8) is 0 Å². The Hall–Kier alpha value is -2.80. The first-order valence-electron chi connectivity index (χ1n) is 10.7. The second-order valence-electron chi connectivity index (χ2n) is 8.20. The lowest BCUT2D eigenvalue weighted by Gasteiger charge is -2.37. The molecule has 31 heavy (non-hydrogen) atoms. The van der Waals surface area contributed by atoms with Crippen LogP contribution < -0.4 is 10.6 Å². The molecule has 3 rings (SSSR count). The molecule has 2 atom stereocenters. The van der Waals surface area contributed by atoms with E-state index in [0.29, 0.717) is 24.4 Å². The van der Waals surface area contributed by atoms with E-state index in [1.807, 2.05) is 6.92 Å². The van der Waals surface area contributed by atoms with Crippen molar-refractivity contribution < 1.29 is 18.4 Å². The van der Waals surface area contributed by atoms with E-state index < -0.39 is 0 Å². The fourth-order valence-electron chi connectivity index (χ4n) is 4.32. The molecule has 0 bridgehead atoms. The highest BCUT2D eigenvalue weighted by Crippen LogP contribution is 2.32. The summed E-state index contributed by atoms with van der Waals surface area (Å²) in [5.74, 6) is -0.312. The second-order valence-corrected chi connectivity index (χ2v) is 8.20. The predicted octanol–water partition coefficient (Wildman–Crippen LogP) is 3.32. The lowest BCUT2D eigenvalue weighted by Crippen LogP contribution is -2.45. The van der Waals surface area contributed by atoms with E-state index in [4.69, 9.17) is 0 Å². The average Bonchev–Trinajstić information content (AvgIpc) is 2.76. The molecule has 2 aromatic carbocycles. The molecule has 2 N–H and O–H groups in total. The van der Waals surface area contributed by atoms with Crippen molar-refractivity contribution in [2.45, 2.75) is 31.7 Å². The monoisotopic (exact) mass is 429 g/mol. The number of halogens is 2. The highest BCUT2D eigenvalue weighted by atomic mass is 19.1. The van der Waals surface area contributed by atoms with Crippen LogP contribution in [0.5, 0.6) is 0 Å². The number of nitrogens with zero attached hydrogens (tertiary/aromatic N) is 1. The smallest absolute Gasteiger partial charge is 0.251 e. The van der Waals surface area contributed by atoms with Crippen LogP contribution in [0, 0.1) is 17.6 Å². The lowest BCUT2D eigenvalue weighted by atomic mass is 9.80. The van der Waals surface area contributed by atoms with Crippen molar-refractivity contribution in [1.29, 1.82) is 0 Å². The van der Waals surface area contributed by atoms with Gasteiger partial charge in [0.15, 0.2) is 0 Å². The SMILES string of the molecule is C[C@@H](CN1CCC(C(CNC=O)c2ccc(F)cc2)CC1)NC(=O)c1ccc(F)cc1. The number of amides is 2. The maximum Gasteiger partial charge on any atom is 0.251 e. The number of hydrogen-bond acceptors (Lipinski definition) is 3. The van der Waals surface area contributed by atoms with Crippen molar-refractivity contribution in [3.05, 3.63) is 71.3 Å². The van der Waals surface area contributed by atoms with Gasteiger partial charge in [-0.25, -0.2) is 8.78 Å². The first-order chi connectivity index (χ1) is 15.0. The van der Waals surface area contributed by atoms with Crippen LogP contribution in [0.15, 0.2) is 48.5 Å². The van der Waals surface area contributed by atoms with Crippen LogP contribution in [0.25, 0.3) is 0 Å². The molecule has 0 aromatic heterocycles. The second kappa shape index (κ2) is 11.0. The van der Waals surface area contributed by atoms with E-state index in [0.717, 1.165) is 38.0 Å². The van der Waals surface area contributed by atoms with Crippen LogP contribution in [0.3, 0.4) is 0 Å². The third kappa shape index (κ3) is 6.59. The number of rotatable bonds is 9. The summed E-state index contributed by atoms with van der Waals surface area (Å²) in [6, 6.07) is 12.0. The summed E-state index contributed by atoms with van der Waals surface area (Å²) in [6.07, 6.45) is 2.62. The van der Waals surface area contributed by atoms with Crippen LogP contribution in [0.4, 0.5) is 8.78 Å². The van der Waals surface area contributed by atoms with Crippen LogP contribution in [-0.4, -0.2) is 49.4 Å². The van der Waals surface area contributed by atoms with E-state index in [-0.39, 0.29) is 29.5 Å². The Labute approximate surface area is 181 Å². The van der Waals surface area contributed by atoms with Gasteiger partial charge in [0.2, 0.25) is 6.41 Å². The molecule has 1 saturated heterocycles. The minimum atomic E-state index is -0.366. The van der Waals surface area contributed by atoms with Gasteiger partial charge in [-0.3, -0.25) is 9.59 Å². The number of piperidine rings is 1. The Morgan fingerprint density at radius 3 is 2.23 bits per heavy atom. The average molecular weight is 430 g/mol. The van der Waals surface area contributed by atoms with Gasteiger partial charge in [0.25, 0.3) is 5.91 Å². The molecule has 1 aliphatic heterocycles. The minimum absolute atomic E-state index is 0.0428. The van der Waals surface area contributed by atoms with Crippen LogP contribution in [0.1, 0.15) is 41.6 Å². The number of carbonyl (C=O) groups excluding carboxylic acids is 2. The summed E-state index contributed by atoms with van der Waals surface area (Å²) in [6.45, 7) is 5.00. The van der Waals surface area contributed by atoms with Crippen molar-refractivity contribution >= 4 is 12.3 Å². The Bertz CT molecular complexity index is 850. The predicted molar refractivity (Wildman–Crippen MR) is 116 cm³/mol. The molecular weight excluding hydrogens is 400 g/mol. The molecule has 1 aliphatic rings. The van der Waals surface area contributed by atoms with E-state index in [1.165, 1.54) is 36.4 Å². The topological polar surface area (TPSA) is 61.4 Å². The van der Waals surface area contributed by atoms with Crippen LogP contribution in [-0.2, 0) is 4.79 Å². The summed E-state index contributed by atoms with van der Waals surface area (Å²) in [5, 5.41) is 5.75. The largest absolute Gasteiger partial charge is 0.358 e. The molecule has 2 aromatic rings. The molecular formula is C24H29F2N3O2. The van der Waals surface area contributed by atoms with Gasteiger partial charge in [-0.05, 0) is 80.7 Å². The molecule has 0 radical (unpaired) electrons. The van der Waals surface area contributed by atoms with Crippen molar-refractivity contribution in [3.8, 4) is 0 Å². The van der Waals surface area contributed by atoms with Gasteiger partial charge in [-0.2, -0.15) is 0 Å². The van der Waals surface area contributed by atoms with Gasteiger partial charge < -0.3 is 15.5 Å². The third-order valence-electron chi connectivity index (χ3n) is 5.94. The molecule has 1 fully saturated rings. The van der Waals surface area contributed by atoms with Gasteiger partial charge in [-0.15, -0.1) is 0 Å². The summed E-state index contributed by atoms with van der Waals surface area (Å²) in [4.78, 5) is 25.5. The molecule has 166 valence electrons. The van der Waals surface area contributed by atoms with Gasteiger partial charge in [0, 0.05) is 30.6 Å². The summed E-state index contributed by atoms with van der Waals surface area (Å²) >= 11 is 0. The Kier molecular flexibility index (Phi) is 8.12. The first kappa shape index (κ1) is 22.9. The fraction of sp³-hybridized carbons (Fsp3) is 0.417. The molecule has 1 heterocycles. The third-order valence-corrected chi connectivity index (χ3v) is 5.94. The zero-order valence-electron chi connectivity index (χ0n) is 17.7. The summed E-state index contributed by atoms with van der Waals surface area (Å²) in [7, 11) is 0. The zero-order chi connectivity index (χ0) is 22.2. The Balaban J connectivity index is 1.51.